The highest BCUT2D eigenvalue weighted by Crippen LogP contribution is 2.70. The summed E-state index contributed by atoms with van der Waals surface area (Å²) in [5.41, 5.74) is -0.241. The van der Waals surface area contributed by atoms with E-state index in [0.29, 0.717) is 25.6 Å². The Kier molecular flexibility index (Phi) is 5.62. The number of carbonyl (C=O) groups is 3. The first-order valence-corrected chi connectivity index (χ1v) is 12.6. The minimum Gasteiger partial charge on any atom is -0.467 e. The van der Waals surface area contributed by atoms with Crippen molar-refractivity contribution in [1.82, 2.24) is 0 Å². The third kappa shape index (κ3) is 3.36. The molecule has 33 heavy (non-hydrogen) atoms. The standard InChI is InChI=1S/C26H36O7/c1-16(28)33-19-5-9-25(14-31-15-27)18(12-19)3-4-22-21(25)6-8-24(2)20(7-10-26(22,24)30)17-11-23(29)32-13-17/h11,15,18-22,30H,3-10,12-14H2,1-2H3/t18-,19-,20+,21-,22+,24+,25+,26-/m0/s1. The first kappa shape index (κ1) is 22.9. The molecule has 0 radical (unpaired) electrons. The van der Waals surface area contributed by atoms with E-state index >= 15 is 0 Å². The number of cyclic esters (lactones) is 1. The Labute approximate surface area is 195 Å². The van der Waals surface area contributed by atoms with Crippen LogP contribution >= 0.6 is 0 Å². The fourth-order valence-electron chi connectivity index (χ4n) is 8.98. The predicted molar refractivity (Wildman–Crippen MR) is 118 cm³/mol. The molecule has 7 heteroatoms. The molecule has 182 valence electrons. The van der Waals surface area contributed by atoms with E-state index in [0.717, 1.165) is 63.4 Å². The highest BCUT2D eigenvalue weighted by atomic mass is 16.5. The lowest BCUT2D eigenvalue weighted by Crippen LogP contribution is -2.64. The number of rotatable bonds is 5. The van der Waals surface area contributed by atoms with Gasteiger partial charge in [-0.15, -0.1) is 0 Å². The summed E-state index contributed by atoms with van der Waals surface area (Å²) in [7, 11) is 0. The van der Waals surface area contributed by atoms with Gasteiger partial charge in [-0.1, -0.05) is 6.92 Å². The zero-order valence-electron chi connectivity index (χ0n) is 19.7. The van der Waals surface area contributed by atoms with Crippen molar-refractivity contribution < 1.29 is 33.7 Å². The van der Waals surface area contributed by atoms with E-state index in [1.807, 2.05) is 0 Å². The monoisotopic (exact) mass is 460 g/mol. The minimum atomic E-state index is -0.807. The highest BCUT2D eigenvalue weighted by molar-refractivity contribution is 5.85. The van der Waals surface area contributed by atoms with Gasteiger partial charge in [-0.3, -0.25) is 9.59 Å². The summed E-state index contributed by atoms with van der Waals surface area (Å²) >= 11 is 0. The number of fused-ring (bicyclic) bond motifs is 5. The van der Waals surface area contributed by atoms with Crippen molar-refractivity contribution in [3.8, 4) is 0 Å². The molecule has 7 nitrogen and oxygen atoms in total. The quantitative estimate of drug-likeness (QED) is 0.382. The fourth-order valence-corrected chi connectivity index (χ4v) is 8.98. The van der Waals surface area contributed by atoms with Crippen LogP contribution in [0.5, 0.6) is 0 Å². The molecule has 5 rings (SSSR count). The molecule has 4 fully saturated rings. The first-order chi connectivity index (χ1) is 15.7. The van der Waals surface area contributed by atoms with Crippen LogP contribution in [0.3, 0.4) is 0 Å². The molecule has 5 aliphatic rings. The first-order valence-electron chi connectivity index (χ1n) is 12.6. The van der Waals surface area contributed by atoms with Crippen molar-refractivity contribution in [3.05, 3.63) is 11.6 Å². The molecule has 0 aromatic carbocycles. The van der Waals surface area contributed by atoms with Crippen molar-refractivity contribution in [2.75, 3.05) is 13.2 Å². The molecule has 4 aliphatic carbocycles. The lowest BCUT2D eigenvalue weighted by molar-refractivity contribution is -0.222. The van der Waals surface area contributed by atoms with Gasteiger partial charge in [-0.2, -0.15) is 0 Å². The van der Waals surface area contributed by atoms with Crippen LogP contribution in [0.2, 0.25) is 0 Å². The molecule has 0 aromatic rings. The summed E-state index contributed by atoms with van der Waals surface area (Å²) in [4.78, 5) is 34.5. The summed E-state index contributed by atoms with van der Waals surface area (Å²) in [5, 5.41) is 12.3. The van der Waals surface area contributed by atoms with Crippen LogP contribution in [0.4, 0.5) is 0 Å². The Balaban J connectivity index is 1.44. The van der Waals surface area contributed by atoms with Crippen LogP contribution in [0.25, 0.3) is 0 Å². The number of carbonyl (C=O) groups excluding carboxylic acids is 3. The minimum absolute atomic E-state index is 0.0759. The van der Waals surface area contributed by atoms with Gasteiger partial charge in [0.25, 0.3) is 6.47 Å². The van der Waals surface area contributed by atoms with E-state index in [1.54, 1.807) is 6.08 Å². The SMILES string of the molecule is CC(=O)O[C@H]1CC[C@@]2(COC=O)[C@@H](CC[C@@H]3[C@@H]2CC[C@]2(C)[C@@H](C4=CC(=O)OC4)CC[C@]32O)C1. The summed E-state index contributed by atoms with van der Waals surface area (Å²) in [6, 6.07) is 0. The van der Waals surface area contributed by atoms with E-state index in [4.69, 9.17) is 14.2 Å². The van der Waals surface area contributed by atoms with Crippen molar-refractivity contribution >= 4 is 18.4 Å². The zero-order valence-corrected chi connectivity index (χ0v) is 19.7. The van der Waals surface area contributed by atoms with Gasteiger partial charge in [-0.05, 0) is 87.0 Å². The van der Waals surface area contributed by atoms with E-state index in [-0.39, 0.29) is 46.6 Å². The van der Waals surface area contributed by atoms with Gasteiger partial charge >= 0.3 is 11.9 Å². The van der Waals surface area contributed by atoms with E-state index < -0.39 is 5.60 Å². The molecular weight excluding hydrogens is 424 g/mol. The molecule has 0 amide bonds. The number of hydrogen-bond acceptors (Lipinski definition) is 7. The second-order valence-electron chi connectivity index (χ2n) is 11.4. The van der Waals surface area contributed by atoms with Crippen LogP contribution in [-0.2, 0) is 28.6 Å². The summed E-state index contributed by atoms with van der Waals surface area (Å²) in [6.45, 7) is 4.94. The summed E-state index contributed by atoms with van der Waals surface area (Å²) in [6.07, 6.45) is 9.29. The Morgan fingerprint density at radius 3 is 2.70 bits per heavy atom. The van der Waals surface area contributed by atoms with Gasteiger partial charge in [0.15, 0.2) is 0 Å². The molecule has 0 unspecified atom stereocenters. The van der Waals surface area contributed by atoms with Crippen LogP contribution in [0.1, 0.15) is 71.6 Å². The molecule has 0 bridgehead atoms. The van der Waals surface area contributed by atoms with Gasteiger partial charge in [0, 0.05) is 23.8 Å². The molecule has 0 saturated heterocycles. The van der Waals surface area contributed by atoms with E-state index in [9.17, 15) is 19.5 Å². The van der Waals surface area contributed by atoms with Gasteiger partial charge in [0.1, 0.15) is 12.7 Å². The van der Waals surface area contributed by atoms with Crippen LogP contribution in [0.15, 0.2) is 11.6 Å². The Bertz CT molecular complexity index is 867. The van der Waals surface area contributed by atoms with Crippen molar-refractivity contribution in [1.29, 1.82) is 0 Å². The molecule has 4 saturated carbocycles. The predicted octanol–water partition coefficient (Wildman–Crippen LogP) is 3.33. The molecular formula is C26H36O7. The maximum atomic E-state index is 12.3. The molecule has 0 spiro atoms. The molecule has 0 aromatic heterocycles. The van der Waals surface area contributed by atoms with Crippen molar-refractivity contribution in [2.24, 2.45) is 34.5 Å². The Morgan fingerprint density at radius 2 is 2.00 bits per heavy atom. The molecule has 1 N–H and O–H groups in total. The fraction of sp³-hybridized carbons (Fsp3) is 0.808. The number of hydrogen-bond donors (Lipinski definition) is 1. The third-order valence-electron chi connectivity index (χ3n) is 10.4. The lowest BCUT2D eigenvalue weighted by atomic mass is 9.43. The van der Waals surface area contributed by atoms with Crippen LogP contribution in [0, 0.1) is 34.5 Å². The zero-order chi connectivity index (χ0) is 23.4. The molecule has 8 atom stereocenters. The summed E-state index contributed by atoms with van der Waals surface area (Å²) < 4.78 is 16.2. The normalized spacial score (nSPS) is 46.3. The number of esters is 2. The smallest absolute Gasteiger partial charge is 0.331 e. The van der Waals surface area contributed by atoms with Crippen LogP contribution < -0.4 is 0 Å². The summed E-state index contributed by atoms with van der Waals surface area (Å²) in [5.74, 6) is 0.361. The Morgan fingerprint density at radius 1 is 1.18 bits per heavy atom. The average Bonchev–Trinajstić information content (AvgIpc) is 3.32. The third-order valence-corrected chi connectivity index (χ3v) is 10.4. The molecule has 1 aliphatic heterocycles. The second-order valence-corrected chi connectivity index (χ2v) is 11.4. The van der Waals surface area contributed by atoms with E-state index in [1.165, 1.54) is 6.92 Å². The molecule has 1 heterocycles. The van der Waals surface area contributed by atoms with E-state index in [2.05, 4.69) is 6.92 Å². The van der Waals surface area contributed by atoms with Crippen LogP contribution in [-0.4, -0.2) is 48.4 Å². The maximum absolute atomic E-state index is 12.3. The topological polar surface area (TPSA) is 99.1 Å². The maximum Gasteiger partial charge on any atom is 0.331 e. The van der Waals surface area contributed by atoms with Crippen molar-refractivity contribution in [2.45, 2.75) is 83.3 Å². The van der Waals surface area contributed by atoms with Gasteiger partial charge < -0.3 is 19.3 Å². The number of ether oxygens (including phenoxy) is 3. The van der Waals surface area contributed by atoms with Gasteiger partial charge in [0.2, 0.25) is 0 Å². The lowest BCUT2D eigenvalue weighted by Gasteiger charge is -2.64. The average molecular weight is 461 g/mol. The largest absolute Gasteiger partial charge is 0.467 e. The Hall–Kier alpha value is -1.89. The number of aliphatic hydroxyl groups is 1. The van der Waals surface area contributed by atoms with Gasteiger partial charge in [0.05, 0.1) is 12.2 Å². The second kappa shape index (κ2) is 8.10. The van der Waals surface area contributed by atoms with Crippen molar-refractivity contribution in [3.63, 3.8) is 0 Å². The van der Waals surface area contributed by atoms with Gasteiger partial charge in [-0.25, -0.2) is 4.79 Å². The highest BCUT2D eigenvalue weighted by Gasteiger charge is 2.68.